The highest BCUT2D eigenvalue weighted by molar-refractivity contribution is 5.95. The number of nitrogens with one attached hydrogen (secondary N) is 3. The molecule has 2 unspecified atom stereocenters. The lowest BCUT2D eigenvalue weighted by molar-refractivity contribution is 0.0932. The number of hydrogen-bond acceptors (Lipinski definition) is 6. The first-order valence-corrected chi connectivity index (χ1v) is 10.3. The van der Waals surface area contributed by atoms with Crippen LogP contribution >= 0.6 is 0 Å². The average molecular weight is 425 g/mol. The van der Waals surface area contributed by atoms with Gasteiger partial charge in [-0.2, -0.15) is 0 Å². The Morgan fingerprint density at radius 2 is 1.81 bits per heavy atom. The molecular formula is C23H28N4O4. The molecule has 1 amide bonds. The van der Waals surface area contributed by atoms with Gasteiger partial charge >= 0.3 is 0 Å². The number of amides is 1. The van der Waals surface area contributed by atoms with Crippen LogP contribution in [0.25, 0.3) is 10.9 Å². The highest BCUT2D eigenvalue weighted by Gasteiger charge is 2.29. The van der Waals surface area contributed by atoms with Crippen molar-refractivity contribution in [3.8, 4) is 17.2 Å². The third kappa shape index (κ3) is 3.92. The summed E-state index contributed by atoms with van der Waals surface area (Å²) in [5, 5.41) is 4.12. The van der Waals surface area contributed by atoms with Gasteiger partial charge in [0.1, 0.15) is 5.75 Å². The van der Waals surface area contributed by atoms with Crippen molar-refractivity contribution in [2.24, 2.45) is 0 Å². The summed E-state index contributed by atoms with van der Waals surface area (Å²) in [5.41, 5.74) is 9.32. The van der Waals surface area contributed by atoms with E-state index in [9.17, 15) is 4.79 Å². The normalized spacial score (nSPS) is 18.2. The number of methoxy groups -OCH3 is 3. The van der Waals surface area contributed by atoms with E-state index in [2.05, 4.69) is 39.8 Å². The van der Waals surface area contributed by atoms with E-state index in [1.165, 1.54) is 0 Å². The van der Waals surface area contributed by atoms with Gasteiger partial charge in [0.05, 0.1) is 39.1 Å². The first-order chi connectivity index (χ1) is 15.1. The number of hydrogen-bond donors (Lipinski definition) is 3. The molecule has 2 aromatic carbocycles. The minimum atomic E-state index is -0.212. The summed E-state index contributed by atoms with van der Waals surface area (Å²) in [7, 11) is 4.80. The Bertz CT molecular complexity index is 1090. The molecular weight excluding hydrogens is 396 g/mol. The second-order valence-electron chi connectivity index (χ2n) is 7.38. The van der Waals surface area contributed by atoms with Crippen LogP contribution in [0.2, 0.25) is 0 Å². The van der Waals surface area contributed by atoms with Gasteiger partial charge in [0, 0.05) is 29.6 Å². The molecule has 31 heavy (non-hydrogen) atoms. The molecule has 8 nitrogen and oxygen atoms in total. The van der Waals surface area contributed by atoms with Gasteiger partial charge < -0.3 is 24.1 Å². The molecule has 0 bridgehead atoms. The van der Waals surface area contributed by atoms with Crippen molar-refractivity contribution in [1.82, 2.24) is 20.7 Å². The third-order valence-corrected chi connectivity index (χ3v) is 5.69. The van der Waals surface area contributed by atoms with Crippen LogP contribution in [0.1, 0.15) is 35.4 Å². The number of nitrogens with zero attached hydrogens (tertiary/aromatic N) is 1. The van der Waals surface area contributed by atoms with Gasteiger partial charge in [-0.1, -0.05) is 6.07 Å². The van der Waals surface area contributed by atoms with Crippen LogP contribution in [0.15, 0.2) is 42.5 Å². The standard InChI is InChI=1S/C23H28N4O4/c1-5-27-17-7-6-8-19(29-2)15(17)12-18(27)16-13-22(26-25-16)24-23(28)14-9-10-20(30-3)21(11-14)31-4/h6-12,16,22,25-26H,5,13H2,1-4H3,(H,24,28). The van der Waals surface area contributed by atoms with E-state index in [0.717, 1.165) is 28.9 Å². The summed E-state index contributed by atoms with van der Waals surface area (Å²) in [6.45, 7) is 2.97. The van der Waals surface area contributed by atoms with Crippen LogP contribution in [0.4, 0.5) is 0 Å². The molecule has 0 spiro atoms. The van der Waals surface area contributed by atoms with E-state index in [1.807, 2.05) is 12.1 Å². The monoisotopic (exact) mass is 424 g/mol. The first kappa shape index (κ1) is 21.0. The molecule has 3 N–H and O–H groups in total. The van der Waals surface area contributed by atoms with Gasteiger partial charge in [-0.3, -0.25) is 4.79 Å². The zero-order valence-electron chi connectivity index (χ0n) is 18.2. The number of carbonyl (C=O) groups excluding carboxylic acids is 1. The molecule has 8 heteroatoms. The number of ether oxygens (including phenoxy) is 3. The number of aromatic nitrogens is 1. The lowest BCUT2D eigenvalue weighted by Crippen LogP contribution is -2.44. The largest absolute Gasteiger partial charge is 0.496 e. The Kier molecular flexibility index (Phi) is 6.01. The fraction of sp³-hybridized carbons (Fsp3) is 0.348. The second-order valence-corrected chi connectivity index (χ2v) is 7.38. The fourth-order valence-corrected chi connectivity index (χ4v) is 4.16. The average Bonchev–Trinajstić information content (AvgIpc) is 3.42. The van der Waals surface area contributed by atoms with Crippen LogP contribution in [0.3, 0.4) is 0 Å². The number of carbonyl (C=O) groups is 1. The number of aryl methyl sites for hydroxylation is 1. The zero-order chi connectivity index (χ0) is 22.0. The van der Waals surface area contributed by atoms with E-state index in [0.29, 0.717) is 23.5 Å². The Hall–Kier alpha value is -3.23. The molecule has 1 aromatic heterocycles. The Morgan fingerprint density at radius 3 is 2.52 bits per heavy atom. The lowest BCUT2D eigenvalue weighted by Gasteiger charge is -2.14. The van der Waals surface area contributed by atoms with E-state index >= 15 is 0 Å². The van der Waals surface area contributed by atoms with Gasteiger partial charge in [0.15, 0.2) is 11.5 Å². The Labute approximate surface area is 181 Å². The summed E-state index contributed by atoms with van der Waals surface area (Å²) in [4.78, 5) is 12.8. The van der Waals surface area contributed by atoms with Gasteiger partial charge in [0.25, 0.3) is 5.91 Å². The Balaban J connectivity index is 1.51. The highest BCUT2D eigenvalue weighted by atomic mass is 16.5. The smallest absolute Gasteiger partial charge is 0.252 e. The number of rotatable bonds is 7. The van der Waals surface area contributed by atoms with Gasteiger partial charge in [-0.25, -0.2) is 10.9 Å². The minimum Gasteiger partial charge on any atom is -0.496 e. The zero-order valence-corrected chi connectivity index (χ0v) is 18.2. The maximum absolute atomic E-state index is 12.8. The van der Waals surface area contributed by atoms with E-state index < -0.39 is 0 Å². The second kappa shape index (κ2) is 8.87. The van der Waals surface area contributed by atoms with Crippen molar-refractivity contribution in [2.75, 3.05) is 21.3 Å². The van der Waals surface area contributed by atoms with Gasteiger partial charge in [-0.15, -0.1) is 0 Å². The molecule has 1 fully saturated rings. The summed E-state index contributed by atoms with van der Waals surface area (Å²) >= 11 is 0. The highest BCUT2D eigenvalue weighted by Crippen LogP contribution is 2.33. The van der Waals surface area contributed by atoms with Crippen molar-refractivity contribution < 1.29 is 19.0 Å². The lowest BCUT2D eigenvalue weighted by atomic mass is 10.1. The number of fused-ring (bicyclic) bond motifs is 1. The summed E-state index contributed by atoms with van der Waals surface area (Å²) < 4.78 is 18.3. The third-order valence-electron chi connectivity index (χ3n) is 5.69. The first-order valence-electron chi connectivity index (χ1n) is 10.3. The molecule has 1 aliphatic rings. The molecule has 1 aliphatic heterocycles. The Morgan fingerprint density at radius 1 is 1.03 bits per heavy atom. The molecule has 0 aliphatic carbocycles. The van der Waals surface area contributed by atoms with E-state index in [-0.39, 0.29) is 18.1 Å². The van der Waals surface area contributed by atoms with E-state index in [1.54, 1.807) is 39.5 Å². The van der Waals surface area contributed by atoms with Crippen LogP contribution in [-0.4, -0.2) is 38.0 Å². The molecule has 0 saturated carbocycles. The molecule has 2 atom stereocenters. The van der Waals surface area contributed by atoms with E-state index in [4.69, 9.17) is 14.2 Å². The van der Waals surface area contributed by atoms with Crippen molar-refractivity contribution in [3.63, 3.8) is 0 Å². The van der Waals surface area contributed by atoms with Gasteiger partial charge in [0.2, 0.25) is 0 Å². The predicted octanol–water partition coefficient (Wildman–Crippen LogP) is 2.98. The summed E-state index contributed by atoms with van der Waals surface area (Å²) in [6, 6.07) is 13.4. The molecule has 2 heterocycles. The van der Waals surface area contributed by atoms with Crippen molar-refractivity contribution >= 4 is 16.8 Å². The quantitative estimate of drug-likeness (QED) is 0.541. The topological polar surface area (TPSA) is 85.8 Å². The summed E-state index contributed by atoms with van der Waals surface area (Å²) in [5.74, 6) is 1.78. The predicted molar refractivity (Wildman–Crippen MR) is 119 cm³/mol. The molecule has 164 valence electrons. The summed E-state index contributed by atoms with van der Waals surface area (Å²) in [6.07, 6.45) is 0.494. The molecule has 1 saturated heterocycles. The maximum Gasteiger partial charge on any atom is 0.252 e. The van der Waals surface area contributed by atoms with Crippen molar-refractivity contribution in [3.05, 3.63) is 53.7 Å². The van der Waals surface area contributed by atoms with Crippen LogP contribution in [0, 0.1) is 0 Å². The van der Waals surface area contributed by atoms with Crippen molar-refractivity contribution in [1.29, 1.82) is 0 Å². The molecule has 4 rings (SSSR count). The van der Waals surface area contributed by atoms with Crippen LogP contribution in [0.5, 0.6) is 17.2 Å². The van der Waals surface area contributed by atoms with Crippen LogP contribution in [-0.2, 0) is 6.54 Å². The fourth-order valence-electron chi connectivity index (χ4n) is 4.16. The van der Waals surface area contributed by atoms with Crippen LogP contribution < -0.4 is 30.4 Å². The van der Waals surface area contributed by atoms with Crippen molar-refractivity contribution in [2.45, 2.75) is 32.1 Å². The van der Waals surface area contributed by atoms with Gasteiger partial charge in [-0.05, 0) is 43.3 Å². The molecule has 3 aromatic rings. The number of benzene rings is 2. The maximum atomic E-state index is 12.8. The number of hydrazine groups is 1. The SMILES string of the molecule is CCn1c(C2CC(NC(=O)c3ccc(OC)c(OC)c3)NN2)cc2c(OC)cccc21. The molecule has 0 radical (unpaired) electrons. The minimum absolute atomic E-state index is 0.0489.